The minimum atomic E-state index is -1.65. The first-order valence-electron chi connectivity index (χ1n) is 7.19. The number of carbonyl (C=O) groups excluding carboxylic acids is 1. The molecule has 1 fully saturated rings. The lowest BCUT2D eigenvalue weighted by molar-refractivity contribution is -0.0826. The van der Waals surface area contributed by atoms with Crippen LogP contribution < -0.4 is 5.32 Å². The van der Waals surface area contributed by atoms with E-state index in [-0.39, 0.29) is 18.1 Å². The van der Waals surface area contributed by atoms with Crippen molar-refractivity contribution >= 4 is 56.6 Å². The summed E-state index contributed by atoms with van der Waals surface area (Å²) in [6, 6.07) is 7.00. The molecule has 0 bridgehead atoms. The predicted octanol–water partition coefficient (Wildman–Crippen LogP) is 3.98. The summed E-state index contributed by atoms with van der Waals surface area (Å²) >= 11 is 21.7. The molecule has 8 heteroatoms. The van der Waals surface area contributed by atoms with Crippen molar-refractivity contribution in [3.05, 3.63) is 34.3 Å². The SMILES string of the molecule is CC1CN(C(NC(=O)c2ccc(Br)cc2)C(Cl)(Cl)Cl)CC(C)O1. The van der Waals surface area contributed by atoms with Crippen LogP contribution in [0.15, 0.2) is 28.7 Å². The summed E-state index contributed by atoms with van der Waals surface area (Å²) in [5.41, 5.74) is 0.502. The summed E-state index contributed by atoms with van der Waals surface area (Å²) in [6.07, 6.45) is -0.742. The fourth-order valence-electron chi connectivity index (χ4n) is 2.62. The van der Waals surface area contributed by atoms with Gasteiger partial charge in [0.05, 0.1) is 12.2 Å². The number of alkyl halides is 3. The number of hydrogen-bond acceptors (Lipinski definition) is 3. The Morgan fingerprint density at radius 3 is 2.26 bits per heavy atom. The van der Waals surface area contributed by atoms with E-state index in [1.165, 1.54) is 0 Å². The van der Waals surface area contributed by atoms with Crippen molar-refractivity contribution in [2.75, 3.05) is 13.1 Å². The van der Waals surface area contributed by atoms with Gasteiger partial charge in [0, 0.05) is 23.1 Å². The normalized spacial score (nSPS) is 24.3. The Balaban J connectivity index is 2.16. The van der Waals surface area contributed by atoms with Gasteiger partial charge in [-0.25, -0.2) is 0 Å². The van der Waals surface area contributed by atoms with Gasteiger partial charge in [-0.15, -0.1) is 0 Å². The highest BCUT2D eigenvalue weighted by Gasteiger charge is 2.41. The molecule has 1 N–H and O–H groups in total. The van der Waals surface area contributed by atoms with E-state index in [0.29, 0.717) is 18.7 Å². The van der Waals surface area contributed by atoms with Crippen LogP contribution in [0.2, 0.25) is 0 Å². The lowest BCUT2D eigenvalue weighted by Crippen LogP contribution is -2.60. The van der Waals surface area contributed by atoms with Gasteiger partial charge in [-0.1, -0.05) is 50.7 Å². The molecule has 4 nitrogen and oxygen atoms in total. The van der Waals surface area contributed by atoms with Crippen LogP contribution in [0, 0.1) is 0 Å². The third-order valence-corrected chi connectivity index (χ3v) is 4.65. The molecule has 0 aliphatic carbocycles. The molecule has 0 aromatic heterocycles. The maximum Gasteiger partial charge on any atom is 0.252 e. The van der Waals surface area contributed by atoms with E-state index in [0.717, 1.165) is 4.47 Å². The molecule has 128 valence electrons. The zero-order chi connectivity index (χ0) is 17.2. The Kier molecular flexibility index (Phi) is 6.62. The number of carbonyl (C=O) groups is 1. The monoisotopic (exact) mass is 442 g/mol. The van der Waals surface area contributed by atoms with Crippen molar-refractivity contribution in [1.29, 1.82) is 0 Å². The Bertz CT molecular complexity index is 541. The number of morpholine rings is 1. The van der Waals surface area contributed by atoms with Gasteiger partial charge in [0.2, 0.25) is 3.79 Å². The Morgan fingerprint density at radius 1 is 1.26 bits per heavy atom. The number of rotatable bonds is 3. The number of nitrogens with one attached hydrogen (secondary N) is 1. The first kappa shape index (κ1) is 19.3. The third kappa shape index (κ3) is 5.48. The lowest BCUT2D eigenvalue weighted by atomic mass is 10.2. The van der Waals surface area contributed by atoms with E-state index < -0.39 is 9.96 Å². The maximum atomic E-state index is 12.5. The second kappa shape index (κ2) is 7.89. The number of amides is 1. The van der Waals surface area contributed by atoms with Crippen LogP contribution >= 0.6 is 50.7 Å². The highest BCUT2D eigenvalue weighted by Crippen LogP contribution is 2.33. The summed E-state index contributed by atoms with van der Waals surface area (Å²) in [5.74, 6) is -0.291. The summed E-state index contributed by atoms with van der Waals surface area (Å²) in [4.78, 5) is 14.4. The van der Waals surface area contributed by atoms with Crippen LogP contribution in [-0.2, 0) is 4.74 Å². The minimum Gasteiger partial charge on any atom is -0.373 e. The van der Waals surface area contributed by atoms with Gasteiger partial charge in [-0.05, 0) is 38.1 Å². The van der Waals surface area contributed by atoms with Gasteiger partial charge in [-0.3, -0.25) is 9.69 Å². The van der Waals surface area contributed by atoms with Gasteiger partial charge in [-0.2, -0.15) is 0 Å². The number of halogens is 4. The summed E-state index contributed by atoms with van der Waals surface area (Å²) < 4.78 is 4.93. The van der Waals surface area contributed by atoms with E-state index in [4.69, 9.17) is 39.5 Å². The Morgan fingerprint density at radius 2 is 1.78 bits per heavy atom. The summed E-state index contributed by atoms with van der Waals surface area (Å²) in [6.45, 7) is 5.05. The fourth-order valence-corrected chi connectivity index (χ4v) is 3.46. The standard InChI is InChI=1S/C15H18BrCl3N2O2/c1-9-7-21(8-10(2)23-9)14(15(17,18)19)20-13(22)11-3-5-12(16)6-4-11/h3-6,9-10,14H,7-8H2,1-2H3,(H,20,22). The van der Waals surface area contributed by atoms with Crippen molar-refractivity contribution in [1.82, 2.24) is 10.2 Å². The molecule has 1 aromatic rings. The molecule has 0 spiro atoms. The van der Waals surface area contributed by atoms with Crippen molar-refractivity contribution in [3.63, 3.8) is 0 Å². The molecule has 1 aliphatic rings. The van der Waals surface area contributed by atoms with E-state index in [2.05, 4.69) is 21.2 Å². The van der Waals surface area contributed by atoms with Gasteiger partial charge in [0.15, 0.2) is 0 Å². The van der Waals surface area contributed by atoms with Gasteiger partial charge in [0.25, 0.3) is 5.91 Å². The molecule has 3 atom stereocenters. The molecular formula is C15H18BrCl3N2O2. The highest BCUT2D eigenvalue weighted by atomic mass is 79.9. The minimum absolute atomic E-state index is 0.00168. The smallest absolute Gasteiger partial charge is 0.252 e. The molecular weight excluding hydrogens is 426 g/mol. The Hall–Kier alpha value is -0.0400. The van der Waals surface area contributed by atoms with Crippen molar-refractivity contribution < 1.29 is 9.53 Å². The number of benzene rings is 1. The zero-order valence-corrected chi connectivity index (χ0v) is 16.6. The quantitative estimate of drug-likeness (QED) is 0.717. The van der Waals surface area contributed by atoms with E-state index in [1.54, 1.807) is 24.3 Å². The number of nitrogens with zero attached hydrogens (tertiary/aromatic N) is 1. The van der Waals surface area contributed by atoms with Gasteiger partial charge < -0.3 is 10.1 Å². The summed E-state index contributed by atoms with van der Waals surface area (Å²) in [5, 5.41) is 2.82. The maximum absolute atomic E-state index is 12.5. The van der Waals surface area contributed by atoms with Crippen LogP contribution in [0.3, 0.4) is 0 Å². The molecule has 1 aromatic carbocycles. The van der Waals surface area contributed by atoms with Crippen LogP contribution in [0.4, 0.5) is 0 Å². The summed E-state index contributed by atoms with van der Waals surface area (Å²) in [7, 11) is 0. The van der Waals surface area contributed by atoms with Crippen molar-refractivity contribution in [3.8, 4) is 0 Å². The molecule has 1 heterocycles. The molecule has 1 saturated heterocycles. The van der Waals surface area contributed by atoms with Crippen LogP contribution in [0.1, 0.15) is 24.2 Å². The fraction of sp³-hybridized carbons (Fsp3) is 0.533. The molecule has 0 radical (unpaired) electrons. The number of ether oxygens (including phenoxy) is 1. The van der Waals surface area contributed by atoms with Crippen LogP contribution in [0.5, 0.6) is 0 Å². The zero-order valence-electron chi connectivity index (χ0n) is 12.7. The third-order valence-electron chi connectivity index (χ3n) is 3.50. The second-order valence-corrected chi connectivity index (χ2v) is 8.92. The Labute approximate surface area is 159 Å². The van der Waals surface area contributed by atoms with Gasteiger partial charge in [0.1, 0.15) is 6.17 Å². The molecule has 1 amide bonds. The van der Waals surface area contributed by atoms with E-state index >= 15 is 0 Å². The second-order valence-electron chi connectivity index (χ2n) is 5.64. The predicted molar refractivity (Wildman–Crippen MR) is 97.3 cm³/mol. The largest absolute Gasteiger partial charge is 0.373 e. The van der Waals surface area contributed by atoms with E-state index in [1.807, 2.05) is 18.7 Å². The average molecular weight is 445 g/mol. The van der Waals surface area contributed by atoms with E-state index in [9.17, 15) is 4.79 Å². The average Bonchev–Trinajstić information content (AvgIpc) is 2.42. The highest BCUT2D eigenvalue weighted by molar-refractivity contribution is 9.10. The van der Waals surface area contributed by atoms with Gasteiger partial charge >= 0.3 is 0 Å². The number of hydrogen-bond donors (Lipinski definition) is 1. The molecule has 2 rings (SSSR count). The van der Waals surface area contributed by atoms with Crippen molar-refractivity contribution in [2.24, 2.45) is 0 Å². The molecule has 1 aliphatic heterocycles. The lowest BCUT2D eigenvalue weighted by Gasteiger charge is -2.42. The first-order chi connectivity index (χ1) is 10.7. The first-order valence-corrected chi connectivity index (χ1v) is 9.12. The topological polar surface area (TPSA) is 41.6 Å². The van der Waals surface area contributed by atoms with Crippen LogP contribution in [-0.4, -0.2) is 46.1 Å². The molecule has 0 saturated carbocycles. The molecule has 23 heavy (non-hydrogen) atoms. The molecule has 3 unspecified atom stereocenters. The van der Waals surface area contributed by atoms with Crippen LogP contribution in [0.25, 0.3) is 0 Å². The van der Waals surface area contributed by atoms with Crippen molar-refractivity contribution in [2.45, 2.75) is 36.0 Å².